The minimum atomic E-state index is -4.52. The summed E-state index contributed by atoms with van der Waals surface area (Å²) >= 11 is 0. The van der Waals surface area contributed by atoms with Gasteiger partial charge in [0.25, 0.3) is 0 Å². The Kier molecular flexibility index (Phi) is 7.38. The molecule has 0 fully saturated rings. The summed E-state index contributed by atoms with van der Waals surface area (Å²) in [5.74, 6) is -0.461. The Hall–Kier alpha value is -3.70. The Labute approximate surface area is 193 Å². The number of alkyl halides is 3. The molecule has 2 heterocycles. The molecule has 3 aromatic rings. The zero-order chi connectivity index (χ0) is 25.0. The van der Waals surface area contributed by atoms with E-state index in [9.17, 15) is 22.8 Å². The number of aryl methyl sites for hydroxylation is 3. The topological polar surface area (TPSA) is 112 Å². The van der Waals surface area contributed by atoms with E-state index in [1.165, 1.54) is 16.8 Å². The van der Waals surface area contributed by atoms with Crippen molar-refractivity contribution in [3.63, 3.8) is 0 Å². The Morgan fingerprint density at radius 1 is 1.24 bits per heavy atom. The molecule has 1 amide bonds. The van der Waals surface area contributed by atoms with Crippen LogP contribution >= 0.6 is 0 Å². The largest absolute Gasteiger partial charge is 0.464 e. The number of hydrogen-bond acceptors (Lipinski definition) is 7. The first-order chi connectivity index (χ1) is 16.0. The van der Waals surface area contributed by atoms with Gasteiger partial charge in [0.1, 0.15) is 0 Å². The van der Waals surface area contributed by atoms with E-state index >= 15 is 0 Å². The molecule has 1 aromatic carbocycles. The van der Waals surface area contributed by atoms with E-state index in [0.717, 1.165) is 12.1 Å². The molecule has 0 aliphatic carbocycles. The van der Waals surface area contributed by atoms with Crippen LogP contribution in [0.25, 0.3) is 5.69 Å². The fourth-order valence-corrected chi connectivity index (χ4v) is 3.51. The molecule has 0 saturated heterocycles. The van der Waals surface area contributed by atoms with Crippen LogP contribution in [0.1, 0.15) is 53.6 Å². The standard InChI is InChI=1S/C22H24F3N5O4/c1-5-33-21(32)20(27-17(31)9-10-18-26-14(4)29-34-18)19-12(2)28-30(13(19)3)16-8-6-7-15(11-16)22(23,24)25/h6-8,11,20H,5,9-10H2,1-4H3,(H,27,31). The lowest BCUT2D eigenvalue weighted by Crippen LogP contribution is -2.35. The number of amides is 1. The molecule has 12 heteroatoms. The second kappa shape index (κ2) is 10.1. The first-order valence-electron chi connectivity index (χ1n) is 10.5. The molecule has 0 radical (unpaired) electrons. The predicted octanol–water partition coefficient (Wildman–Crippen LogP) is 3.55. The average molecular weight is 479 g/mol. The van der Waals surface area contributed by atoms with Crippen LogP contribution in [-0.4, -0.2) is 38.4 Å². The van der Waals surface area contributed by atoms with Crippen LogP contribution in [0, 0.1) is 20.8 Å². The fourth-order valence-electron chi connectivity index (χ4n) is 3.51. The third-order valence-electron chi connectivity index (χ3n) is 5.02. The number of rotatable bonds is 8. The van der Waals surface area contributed by atoms with Crippen molar-refractivity contribution >= 4 is 11.9 Å². The SMILES string of the molecule is CCOC(=O)C(NC(=O)CCc1nc(C)no1)c1c(C)nn(-c2cccc(C(F)(F)F)c2)c1C. The van der Waals surface area contributed by atoms with Gasteiger partial charge in [-0.1, -0.05) is 11.2 Å². The normalized spacial score (nSPS) is 12.4. The average Bonchev–Trinajstić information content (AvgIpc) is 3.32. The van der Waals surface area contributed by atoms with E-state index in [2.05, 4.69) is 20.6 Å². The second-order valence-corrected chi connectivity index (χ2v) is 7.53. The van der Waals surface area contributed by atoms with Crippen LogP contribution in [0.2, 0.25) is 0 Å². The molecule has 0 bridgehead atoms. The minimum absolute atomic E-state index is 0.0304. The zero-order valence-corrected chi connectivity index (χ0v) is 19.1. The zero-order valence-electron chi connectivity index (χ0n) is 19.1. The summed E-state index contributed by atoms with van der Waals surface area (Å²) < 4.78 is 50.9. The van der Waals surface area contributed by atoms with Crippen LogP contribution in [0.15, 0.2) is 28.8 Å². The van der Waals surface area contributed by atoms with E-state index in [1.54, 1.807) is 27.7 Å². The first-order valence-corrected chi connectivity index (χ1v) is 10.5. The van der Waals surface area contributed by atoms with Crippen LogP contribution in [0.5, 0.6) is 0 Å². The molecule has 34 heavy (non-hydrogen) atoms. The lowest BCUT2D eigenvalue weighted by Gasteiger charge is -2.18. The van der Waals surface area contributed by atoms with Gasteiger partial charge in [-0.2, -0.15) is 23.3 Å². The van der Waals surface area contributed by atoms with Crippen molar-refractivity contribution in [3.05, 3.63) is 58.5 Å². The summed E-state index contributed by atoms with van der Waals surface area (Å²) in [5.41, 5.74) is 0.439. The summed E-state index contributed by atoms with van der Waals surface area (Å²) in [7, 11) is 0. The number of aromatic nitrogens is 4. The van der Waals surface area contributed by atoms with Crippen molar-refractivity contribution in [2.24, 2.45) is 0 Å². The van der Waals surface area contributed by atoms with Gasteiger partial charge in [-0.25, -0.2) is 9.48 Å². The van der Waals surface area contributed by atoms with Crippen molar-refractivity contribution in [2.75, 3.05) is 6.61 Å². The van der Waals surface area contributed by atoms with Crippen molar-refractivity contribution < 1.29 is 32.0 Å². The van der Waals surface area contributed by atoms with Crippen molar-refractivity contribution in [1.29, 1.82) is 0 Å². The summed E-state index contributed by atoms with van der Waals surface area (Å²) in [5, 5.41) is 10.6. The molecule has 0 spiro atoms. The van der Waals surface area contributed by atoms with Crippen molar-refractivity contribution in [3.8, 4) is 5.69 Å². The number of benzene rings is 1. The number of esters is 1. The van der Waals surface area contributed by atoms with Gasteiger partial charge >= 0.3 is 12.1 Å². The lowest BCUT2D eigenvalue weighted by atomic mass is 10.0. The molecule has 0 saturated carbocycles. The van der Waals surface area contributed by atoms with E-state index in [-0.39, 0.29) is 31.0 Å². The van der Waals surface area contributed by atoms with Crippen molar-refractivity contribution in [2.45, 2.75) is 52.8 Å². The lowest BCUT2D eigenvalue weighted by molar-refractivity contribution is -0.147. The van der Waals surface area contributed by atoms with Gasteiger partial charge in [0.2, 0.25) is 11.8 Å². The molecule has 182 valence electrons. The number of halogens is 3. The van der Waals surface area contributed by atoms with Crippen molar-refractivity contribution in [1.82, 2.24) is 25.2 Å². The van der Waals surface area contributed by atoms with Crippen LogP contribution < -0.4 is 5.32 Å². The highest BCUT2D eigenvalue weighted by molar-refractivity contribution is 5.86. The Balaban J connectivity index is 1.90. The Morgan fingerprint density at radius 2 is 1.97 bits per heavy atom. The van der Waals surface area contributed by atoms with E-state index in [0.29, 0.717) is 22.8 Å². The number of carbonyl (C=O) groups is 2. The third-order valence-corrected chi connectivity index (χ3v) is 5.02. The molecule has 0 aliphatic rings. The number of nitrogens with zero attached hydrogens (tertiary/aromatic N) is 4. The van der Waals surface area contributed by atoms with Gasteiger partial charge in [0, 0.05) is 24.1 Å². The molecule has 1 N–H and O–H groups in total. The molecule has 0 aliphatic heterocycles. The van der Waals surface area contributed by atoms with E-state index in [4.69, 9.17) is 9.26 Å². The molecule has 2 aromatic heterocycles. The molecule has 3 rings (SSSR count). The summed E-state index contributed by atoms with van der Waals surface area (Å²) in [6.07, 6.45) is -4.38. The maximum Gasteiger partial charge on any atom is 0.416 e. The van der Waals surface area contributed by atoms with Gasteiger partial charge in [-0.3, -0.25) is 4.79 Å². The van der Waals surface area contributed by atoms with Gasteiger partial charge in [0.05, 0.1) is 23.6 Å². The molecular formula is C22H24F3N5O4. The summed E-state index contributed by atoms with van der Waals surface area (Å²) in [4.78, 5) is 29.4. The third kappa shape index (κ3) is 5.61. The maximum absolute atomic E-state index is 13.2. The quantitative estimate of drug-likeness (QED) is 0.492. The first kappa shape index (κ1) is 24.9. The highest BCUT2D eigenvalue weighted by atomic mass is 19.4. The highest BCUT2D eigenvalue weighted by Gasteiger charge is 2.32. The van der Waals surface area contributed by atoms with Crippen LogP contribution in [0.4, 0.5) is 13.2 Å². The minimum Gasteiger partial charge on any atom is -0.464 e. The van der Waals surface area contributed by atoms with Gasteiger partial charge in [-0.15, -0.1) is 0 Å². The molecule has 9 nitrogen and oxygen atoms in total. The Bertz CT molecular complexity index is 1190. The van der Waals surface area contributed by atoms with E-state index < -0.39 is 29.7 Å². The number of hydrogen-bond donors (Lipinski definition) is 1. The number of ether oxygens (including phenoxy) is 1. The second-order valence-electron chi connectivity index (χ2n) is 7.53. The van der Waals surface area contributed by atoms with E-state index in [1.807, 2.05) is 0 Å². The molecule has 1 atom stereocenters. The van der Waals surface area contributed by atoms with Gasteiger partial charge in [0.15, 0.2) is 11.9 Å². The maximum atomic E-state index is 13.2. The Morgan fingerprint density at radius 3 is 2.59 bits per heavy atom. The fraction of sp³-hybridized carbons (Fsp3) is 0.409. The highest BCUT2D eigenvalue weighted by Crippen LogP contribution is 2.31. The smallest absolute Gasteiger partial charge is 0.416 e. The number of nitrogens with one attached hydrogen (secondary N) is 1. The summed E-state index contributed by atoms with van der Waals surface area (Å²) in [6, 6.07) is 3.48. The van der Waals surface area contributed by atoms with Gasteiger partial charge in [-0.05, 0) is 45.9 Å². The predicted molar refractivity (Wildman–Crippen MR) is 113 cm³/mol. The number of carbonyl (C=O) groups excluding carboxylic acids is 2. The molecule has 1 unspecified atom stereocenters. The summed E-state index contributed by atoms with van der Waals surface area (Å²) in [6.45, 7) is 6.56. The molecular weight excluding hydrogens is 455 g/mol. The monoisotopic (exact) mass is 479 g/mol. The van der Waals surface area contributed by atoms with Crippen LogP contribution in [0.3, 0.4) is 0 Å². The van der Waals surface area contributed by atoms with Crippen LogP contribution in [-0.2, 0) is 26.9 Å². The van der Waals surface area contributed by atoms with Gasteiger partial charge < -0.3 is 14.6 Å².